The Morgan fingerprint density at radius 3 is 2.50 bits per heavy atom. The molecule has 0 saturated carbocycles. The molecule has 94 valence electrons. The summed E-state index contributed by atoms with van der Waals surface area (Å²) in [6.45, 7) is 0.910. The fourth-order valence-electron chi connectivity index (χ4n) is 1.72. The van der Waals surface area contributed by atoms with E-state index in [1.807, 2.05) is 30.3 Å². The molecular formula is C15H16FNO. The Hall–Kier alpha value is -1.87. The SMILES string of the molecule is NCCc1ccc(F)c(OCc2ccccc2)c1. The lowest BCUT2D eigenvalue weighted by Crippen LogP contribution is -2.04. The van der Waals surface area contributed by atoms with Crippen LogP contribution in [0.25, 0.3) is 0 Å². The van der Waals surface area contributed by atoms with Gasteiger partial charge in [-0.05, 0) is 36.2 Å². The van der Waals surface area contributed by atoms with Gasteiger partial charge in [-0.1, -0.05) is 36.4 Å². The minimum absolute atomic E-state index is 0.282. The van der Waals surface area contributed by atoms with Crippen molar-refractivity contribution < 1.29 is 9.13 Å². The lowest BCUT2D eigenvalue weighted by atomic mass is 10.1. The Morgan fingerprint density at radius 1 is 1.00 bits per heavy atom. The number of ether oxygens (including phenoxy) is 1. The molecule has 0 spiro atoms. The van der Waals surface area contributed by atoms with E-state index in [0.29, 0.717) is 13.2 Å². The smallest absolute Gasteiger partial charge is 0.165 e. The molecule has 0 aliphatic carbocycles. The van der Waals surface area contributed by atoms with Crippen molar-refractivity contribution in [2.75, 3.05) is 6.54 Å². The fraction of sp³-hybridized carbons (Fsp3) is 0.200. The van der Waals surface area contributed by atoms with Crippen molar-refractivity contribution in [3.63, 3.8) is 0 Å². The zero-order chi connectivity index (χ0) is 12.8. The van der Waals surface area contributed by atoms with Crippen LogP contribution in [0.4, 0.5) is 4.39 Å². The maximum absolute atomic E-state index is 13.6. The molecule has 0 amide bonds. The first-order valence-electron chi connectivity index (χ1n) is 5.95. The van der Waals surface area contributed by atoms with E-state index in [2.05, 4.69) is 0 Å². The quantitative estimate of drug-likeness (QED) is 0.879. The largest absolute Gasteiger partial charge is 0.486 e. The Balaban J connectivity index is 2.06. The van der Waals surface area contributed by atoms with Gasteiger partial charge in [-0.25, -0.2) is 4.39 Å². The highest BCUT2D eigenvalue weighted by atomic mass is 19.1. The molecule has 2 aromatic carbocycles. The lowest BCUT2D eigenvalue weighted by Gasteiger charge is -2.09. The molecule has 0 atom stereocenters. The van der Waals surface area contributed by atoms with E-state index in [1.165, 1.54) is 6.07 Å². The molecule has 3 heteroatoms. The predicted octanol–water partition coefficient (Wildman–Crippen LogP) is 2.91. The van der Waals surface area contributed by atoms with E-state index < -0.39 is 0 Å². The van der Waals surface area contributed by atoms with Crippen LogP contribution in [0.2, 0.25) is 0 Å². The number of hydrogen-bond donors (Lipinski definition) is 1. The van der Waals surface area contributed by atoms with Gasteiger partial charge in [0.2, 0.25) is 0 Å². The van der Waals surface area contributed by atoms with Gasteiger partial charge in [0.15, 0.2) is 11.6 Å². The van der Waals surface area contributed by atoms with Crippen LogP contribution >= 0.6 is 0 Å². The zero-order valence-electron chi connectivity index (χ0n) is 10.1. The van der Waals surface area contributed by atoms with E-state index in [0.717, 1.165) is 17.5 Å². The summed E-state index contributed by atoms with van der Waals surface area (Å²) in [5.74, 6) is -0.0588. The second-order valence-corrected chi connectivity index (χ2v) is 4.08. The number of rotatable bonds is 5. The third-order valence-corrected chi connectivity index (χ3v) is 2.67. The molecule has 2 aromatic rings. The van der Waals surface area contributed by atoms with Gasteiger partial charge < -0.3 is 10.5 Å². The molecule has 0 heterocycles. The van der Waals surface area contributed by atoms with Gasteiger partial charge in [-0.3, -0.25) is 0 Å². The maximum atomic E-state index is 13.6. The van der Waals surface area contributed by atoms with Crippen LogP contribution in [0.15, 0.2) is 48.5 Å². The van der Waals surface area contributed by atoms with E-state index in [4.69, 9.17) is 10.5 Å². The highest BCUT2D eigenvalue weighted by molar-refractivity contribution is 5.31. The second kappa shape index (κ2) is 6.17. The van der Waals surface area contributed by atoms with Gasteiger partial charge in [0.05, 0.1) is 0 Å². The van der Waals surface area contributed by atoms with Crippen molar-refractivity contribution >= 4 is 0 Å². The molecule has 18 heavy (non-hydrogen) atoms. The van der Waals surface area contributed by atoms with Gasteiger partial charge in [-0.15, -0.1) is 0 Å². The third kappa shape index (κ3) is 3.31. The Morgan fingerprint density at radius 2 is 1.78 bits per heavy atom. The van der Waals surface area contributed by atoms with Gasteiger partial charge in [0.1, 0.15) is 6.61 Å². The standard InChI is InChI=1S/C15H16FNO/c16-14-7-6-12(8-9-17)10-15(14)18-11-13-4-2-1-3-5-13/h1-7,10H,8-9,11,17H2. The Kier molecular flexibility index (Phi) is 4.31. The fourth-order valence-corrected chi connectivity index (χ4v) is 1.72. The van der Waals surface area contributed by atoms with E-state index >= 15 is 0 Å². The third-order valence-electron chi connectivity index (χ3n) is 2.67. The molecule has 0 unspecified atom stereocenters. The molecule has 2 rings (SSSR count). The summed E-state index contributed by atoms with van der Waals surface area (Å²) in [5, 5.41) is 0. The van der Waals surface area contributed by atoms with E-state index in [9.17, 15) is 4.39 Å². The second-order valence-electron chi connectivity index (χ2n) is 4.08. The van der Waals surface area contributed by atoms with Crippen molar-refractivity contribution in [1.82, 2.24) is 0 Å². The lowest BCUT2D eigenvalue weighted by molar-refractivity contribution is 0.290. The first-order chi connectivity index (χ1) is 8.79. The minimum atomic E-state index is -0.341. The van der Waals surface area contributed by atoms with Crippen LogP contribution < -0.4 is 10.5 Å². The molecule has 0 radical (unpaired) electrons. The van der Waals surface area contributed by atoms with Gasteiger partial charge in [0.25, 0.3) is 0 Å². The topological polar surface area (TPSA) is 35.2 Å². The molecular weight excluding hydrogens is 229 g/mol. The molecule has 2 nitrogen and oxygen atoms in total. The van der Waals surface area contributed by atoms with Crippen LogP contribution in [0.1, 0.15) is 11.1 Å². The van der Waals surface area contributed by atoms with Crippen molar-refractivity contribution in [2.45, 2.75) is 13.0 Å². The monoisotopic (exact) mass is 245 g/mol. The number of hydrogen-bond acceptors (Lipinski definition) is 2. The van der Waals surface area contributed by atoms with Crippen LogP contribution in [-0.4, -0.2) is 6.54 Å². The van der Waals surface area contributed by atoms with Crippen molar-refractivity contribution in [3.8, 4) is 5.75 Å². The normalized spacial score (nSPS) is 10.3. The summed E-state index contributed by atoms with van der Waals surface area (Å²) in [5.41, 5.74) is 7.48. The van der Waals surface area contributed by atoms with Crippen LogP contribution in [0.5, 0.6) is 5.75 Å². The molecule has 0 fully saturated rings. The van der Waals surface area contributed by atoms with Crippen LogP contribution in [0.3, 0.4) is 0 Å². The number of benzene rings is 2. The van der Waals surface area contributed by atoms with Crippen LogP contribution in [0, 0.1) is 5.82 Å². The molecule has 0 aromatic heterocycles. The summed E-state index contributed by atoms with van der Waals surface area (Å²) >= 11 is 0. The summed E-state index contributed by atoms with van der Waals surface area (Å²) in [6.07, 6.45) is 0.724. The zero-order valence-corrected chi connectivity index (χ0v) is 10.1. The highest BCUT2D eigenvalue weighted by Crippen LogP contribution is 2.20. The number of halogens is 1. The molecule has 0 aliphatic heterocycles. The predicted molar refractivity (Wildman–Crippen MR) is 69.9 cm³/mol. The first-order valence-corrected chi connectivity index (χ1v) is 5.95. The molecule has 0 aliphatic rings. The Labute approximate surface area is 106 Å². The van der Waals surface area contributed by atoms with Crippen LogP contribution in [-0.2, 0) is 13.0 Å². The van der Waals surface area contributed by atoms with Gasteiger partial charge in [0, 0.05) is 0 Å². The summed E-state index contributed by atoms with van der Waals surface area (Å²) in [7, 11) is 0. The summed E-state index contributed by atoms with van der Waals surface area (Å²) in [6, 6.07) is 14.6. The van der Waals surface area contributed by atoms with Gasteiger partial charge in [-0.2, -0.15) is 0 Å². The van der Waals surface area contributed by atoms with E-state index in [-0.39, 0.29) is 11.6 Å². The molecule has 2 N–H and O–H groups in total. The Bertz CT molecular complexity index is 499. The molecule has 0 bridgehead atoms. The summed E-state index contributed by atoms with van der Waals surface area (Å²) in [4.78, 5) is 0. The summed E-state index contributed by atoms with van der Waals surface area (Å²) < 4.78 is 19.1. The highest BCUT2D eigenvalue weighted by Gasteiger charge is 2.05. The van der Waals surface area contributed by atoms with Crippen molar-refractivity contribution in [3.05, 3.63) is 65.5 Å². The minimum Gasteiger partial charge on any atom is -0.486 e. The van der Waals surface area contributed by atoms with Crippen molar-refractivity contribution in [2.24, 2.45) is 5.73 Å². The average molecular weight is 245 g/mol. The average Bonchev–Trinajstić information content (AvgIpc) is 2.41. The number of nitrogens with two attached hydrogens (primary N) is 1. The van der Waals surface area contributed by atoms with Gasteiger partial charge >= 0.3 is 0 Å². The van der Waals surface area contributed by atoms with Crippen molar-refractivity contribution in [1.29, 1.82) is 0 Å². The first kappa shape index (κ1) is 12.6. The maximum Gasteiger partial charge on any atom is 0.165 e. The molecule has 0 saturated heterocycles. The van der Waals surface area contributed by atoms with E-state index in [1.54, 1.807) is 12.1 Å².